The van der Waals surface area contributed by atoms with Gasteiger partial charge in [-0.05, 0) is 70.6 Å². The molecule has 258 valence electrons. The van der Waals surface area contributed by atoms with Crippen LogP contribution in [0.1, 0.15) is 213 Å². The van der Waals surface area contributed by atoms with Gasteiger partial charge in [0.2, 0.25) is 0 Å². The summed E-state index contributed by atoms with van der Waals surface area (Å²) in [5, 5.41) is 8.69. The number of unbranched alkanes of at least 4 members (excludes halogenated alkanes) is 22. The molecule has 4 nitrogen and oxygen atoms in total. The van der Waals surface area contributed by atoms with Crippen molar-refractivity contribution in [3.8, 4) is 0 Å². The largest absolute Gasteiger partial charge is 0.481 e. The molecule has 1 unspecified atom stereocenters. The van der Waals surface area contributed by atoms with Crippen molar-refractivity contribution in [2.45, 2.75) is 219 Å². The highest BCUT2D eigenvalue weighted by Crippen LogP contribution is 2.19. The Hall–Kier alpha value is -1.58. The van der Waals surface area contributed by atoms with Crippen LogP contribution in [0.15, 0.2) is 24.3 Å². The minimum absolute atomic E-state index is 0.0252. The van der Waals surface area contributed by atoms with Gasteiger partial charge in [-0.3, -0.25) is 9.59 Å². The minimum atomic E-state index is -0.672. The number of ether oxygens (including phenoxy) is 1. The molecule has 0 saturated carbocycles. The molecule has 0 saturated heterocycles. The number of aliphatic carboxylic acids is 1. The van der Waals surface area contributed by atoms with E-state index in [1.807, 2.05) is 0 Å². The summed E-state index contributed by atoms with van der Waals surface area (Å²) in [6, 6.07) is 0. The summed E-state index contributed by atoms with van der Waals surface area (Å²) >= 11 is 0. The lowest BCUT2D eigenvalue weighted by Crippen LogP contribution is -2.18. The lowest BCUT2D eigenvalue weighted by molar-refractivity contribution is -0.150. The number of carboxylic acid groups (broad SMARTS) is 1. The van der Waals surface area contributed by atoms with Crippen LogP contribution in [0.25, 0.3) is 0 Å². The van der Waals surface area contributed by atoms with E-state index in [-0.39, 0.29) is 12.1 Å². The van der Waals surface area contributed by atoms with Crippen LogP contribution in [-0.2, 0) is 14.3 Å². The summed E-state index contributed by atoms with van der Waals surface area (Å²) in [5.74, 6) is -0.647. The minimum Gasteiger partial charge on any atom is -0.481 e. The number of hydrogen-bond acceptors (Lipinski definition) is 3. The summed E-state index contributed by atoms with van der Waals surface area (Å²) in [7, 11) is 0. The second kappa shape index (κ2) is 35.9. The van der Waals surface area contributed by atoms with E-state index in [0.717, 1.165) is 44.9 Å². The maximum Gasteiger partial charge on any atom is 0.306 e. The third kappa shape index (κ3) is 34.9. The topological polar surface area (TPSA) is 63.6 Å². The Morgan fingerprint density at radius 1 is 0.500 bits per heavy atom. The Balaban J connectivity index is 3.91. The summed E-state index contributed by atoms with van der Waals surface area (Å²) in [4.78, 5) is 23.2. The lowest BCUT2D eigenvalue weighted by Gasteiger charge is -2.18. The molecule has 0 aromatic heterocycles. The molecule has 0 fully saturated rings. The van der Waals surface area contributed by atoms with Crippen LogP contribution in [0.4, 0.5) is 0 Å². The fourth-order valence-corrected chi connectivity index (χ4v) is 5.80. The first-order chi connectivity index (χ1) is 21.6. The normalized spacial score (nSPS) is 12.4. The molecule has 0 amide bonds. The van der Waals surface area contributed by atoms with E-state index in [9.17, 15) is 9.59 Å². The first kappa shape index (κ1) is 42.4. The standard InChI is InChI=1S/C40H74O4/c1-3-5-7-9-10-11-12-13-14-15-19-22-25-29-33-37-40(43)44-38(34-30-26-8-6-4-2)35-31-27-23-20-17-16-18-21-24-28-32-36-39(41)42/h10-11,13-14,38H,3-9,12,15-37H2,1-2H3,(H,41,42)/b11-10-,14-13-. The maximum atomic E-state index is 12.6. The van der Waals surface area contributed by atoms with Crippen LogP contribution in [0, 0.1) is 0 Å². The van der Waals surface area contributed by atoms with Crippen LogP contribution >= 0.6 is 0 Å². The molecule has 0 aliphatic rings. The van der Waals surface area contributed by atoms with E-state index < -0.39 is 5.97 Å². The van der Waals surface area contributed by atoms with E-state index >= 15 is 0 Å². The number of esters is 1. The van der Waals surface area contributed by atoms with Crippen molar-refractivity contribution in [1.82, 2.24) is 0 Å². The van der Waals surface area contributed by atoms with E-state index in [1.165, 1.54) is 141 Å². The molecule has 0 aromatic rings. The zero-order valence-corrected chi connectivity index (χ0v) is 29.5. The van der Waals surface area contributed by atoms with Gasteiger partial charge in [-0.15, -0.1) is 0 Å². The summed E-state index contributed by atoms with van der Waals surface area (Å²) in [6.45, 7) is 4.50. The number of rotatable bonds is 35. The Bertz CT molecular complexity index is 668. The third-order valence-corrected chi connectivity index (χ3v) is 8.68. The molecule has 0 radical (unpaired) electrons. The van der Waals surface area contributed by atoms with Gasteiger partial charge < -0.3 is 9.84 Å². The molecule has 4 heteroatoms. The molecule has 0 rings (SSSR count). The molecule has 1 N–H and O–H groups in total. The average Bonchev–Trinajstić information content (AvgIpc) is 3.00. The summed E-state index contributed by atoms with van der Waals surface area (Å²) < 4.78 is 6.00. The molecule has 0 bridgehead atoms. The number of carbonyl (C=O) groups excluding carboxylic acids is 1. The van der Waals surface area contributed by atoms with E-state index in [2.05, 4.69) is 38.2 Å². The van der Waals surface area contributed by atoms with Gasteiger partial charge in [0, 0.05) is 12.8 Å². The molecular formula is C40H74O4. The maximum absolute atomic E-state index is 12.6. The van der Waals surface area contributed by atoms with Gasteiger partial charge in [0.05, 0.1) is 0 Å². The smallest absolute Gasteiger partial charge is 0.306 e. The van der Waals surface area contributed by atoms with Crippen LogP contribution in [0.5, 0.6) is 0 Å². The van der Waals surface area contributed by atoms with Crippen LogP contribution in [0.3, 0.4) is 0 Å². The van der Waals surface area contributed by atoms with Gasteiger partial charge in [0.15, 0.2) is 0 Å². The molecule has 0 aliphatic carbocycles. The van der Waals surface area contributed by atoms with Crippen molar-refractivity contribution in [3.63, 3.8) is 0 Å². The Morgan fingerprint density at radius 2 is 0.886 bits per heavy atom. The van der Waals surface area contributed by atoms with E-state index in [4.69, 9.17) is 9.84 Å². The third-order valence-electron chi connectivity index (χ3n) is 8.68. The van der Waals surface area contributed by atoms with Gasteiger partial charge >= 0.3 is 11.9 Å². The number of carbonyl (C=O) groups is 2. The summed E-state index contributed by atoms with van der Waals surface area (Å²) in [5.41, 5.74) is 0. The highest BCUT2D eigenvalue weighted by atomic mass is 16.5. The predicted molar refractivity (Wildman–Crippen MR) is 190 cm³/mol. The molecular weight excluding hydrogens is 544 g/mol. The highest BCUT2D eigenvalue weighted by Gasteiger charge is 2.14. The number of hydrogen-bond donors (Lipinski definition) is 1. The van der Waals surface area contributed by atoms with Gasteiger partial charge in [0.1, 0.15) is 6.10 Å². The average molecular weight is 619 g/mol. The zero-order chi connectivity index (χ0) is 32.2. The van der Waals surface area contributed by atoms with Crippen LogP contribution in [0.2, 0.25) is 0 Å². The second-order valence-electron chi connectivity index (χ2n) is 13.1. The van der Waals surface area contributed by atoms with Crippen molar-refractivity contribution < 1.29 is 19.4 Å². The molecule has 0 heterocycles. The van der Waals surface area contributed by atoms with Crippen molar-refractivity contribution in [3.05, 3.63) is 24.3 Å². The molecule has 0 aromatic carbocycles. The molecule has 0 spiro atoms. The molecule has 44 heavy (non-hydrogen) atoms. The van der Waals surface area contributed by atoms with Crippen LogP contribution < -0.4 is 0 Å². The lowest BCUT2D eigenvalue weighted by atomic mass is 10.0. The molecule has 0 aliphatic heterocycles. The zero-order valence-electron chi connectivity index (χ0n) is 29.5. The quantitative estimate of drug-likeness (QED) is 0.0436. The molecule has 1 atom stereocenters. The fourth-order valence-electron chi connectivity index (χ4n) is 5.80. The number of allylic oxidation sites excluding steroid dienone is 4. The Kier molecular flexibility index (Phi) is 34.6. The van der Waals surface area contributed by atoms with Gasteiger partial charge in [-0.25, -0.2) is 0 Å². The highest BCUT2D eigenvalue weighted by molar-refractivity contribution is 5.69. The van der Waals surface area contributed by atoms with Crippen molar-refractivity contribution in [2.24, 2.45) is 0 Å². The van der Waals surface area contributed by atoms with Crippen molar-refractivity contribution in [1.29, 1.82) is 0 Å². The van der Waals surface area contributed by atoms with Crippen LogP contribution in [-0.4, -0.2) is 23.1 Å². The van der Waals surface area contributed by atoms with Crippen molar-refractivity contribution in [2.75, 3.05) is 0 Å². The number of carboxylic acids is 1. The first-order valence-corrected chi connectivity index (χ1v) is 19.3. The monoisotopic (exact) mass is 619 g/mol. The van der Waals surface area contributed by atoms with Gasteiger partial charge in [0.25, 0.3) is 0 Å². The first-order valence-electron chi connectivity index (χ1n) is 19.3. The predicted octanol–water partition coefficient (Wildman–Crippen LogP) is 13.2. The Morgan fingerprint density at radius 3 is 1.39 bits per heavy atom. The van der Waals surface area contributed by atoms with E-state index in [0.29, 0.717) is 12.8 Å². The van der Waals surface area contributed by atoms with E-state index in [1.54, 1.807) is 0 Å². The SMILES string of the molecule is CCCCC/C=C\C/C=C\CCCCCCCC(=O)OC(CCCCCCC)CCCCCCCCCCCCCC(=O)O. The summed E-state index contributed by atoms with van der Waals surface area (Å²) in [6.07, 6.45) is 45.0. The van der Waals surface area contributed by atoms with Gasteiger partial charge in [-0.1, -0.05) is 154 Å². The Labute approximate surface area is 274 Å². The van der Waals surface area contributed by atoms with Crippen molar-refractivity contribution >= 4 is 11.9 Å². The van der Waals surface area contributed by atoms with Gasteiger partial charge in [-0.2, -0.15) is 0 Å². The fraction of sp³-hybridized carbons (Fsp3) is 0.850. The second-order valence-corrected chi connectivity index (χ2v) is 13.1.